The molecule has 0 bridgehead atoms. The minimum atomic E-state index is -3.82. The fraction of sp³-hybridized carbons (Fsp3) is 0.357. The fourth-order valence-electron chi connectivity index (χ4n) is 1.59. The average Bonchev–Trinajstić information content (AvgIpc) is 2.50. The monoisotopic (exact) mass is 345 g/mol. The van der Waals surface area contributed by atoms with Gasteiger partial charge in [-0.25, -0.2) is 13.1 Å². The first-order valence-corrected chi connectivity index (χ1v) is 8.35. The molecule has 0 fully saturated rings. The van der Waals surface area contributed by atoms with E-state index in [9.17, 15) is 13.2 Å². The van der Waals surface area contributed by atoms with Crippen LogP contribution in [0.4, 0.5) is 0 Å². The molecule has 0 heterocycles. The molecule has 0 aliphatic carbocycles. The van der Waals surface area contributed by atoms with Crippen molar-refractivity contribution in [3.05, 3.63) is 36.4 Å². The Balaban J connectivity index is 3.02. The Morgan fingerprint density at radius 2 is 1.65 bits per heavy atom. The van der Waals surface area contributed by atoms with Gasteiger partial charge in [-0.15, -0.1) is 6.58 Å². The quantitative estimate of drug-likeness (QED) is 0.497. The summed E-state index contributed by atoms with van der Waals surface area (Å²) in [5.41, 5.74) is 0.000942. The van der Waals surface area contributed by atoms with Crippen molar-refractivity contribution >= 4 is 15.9 Å². The van der Waals surface area contributed by atoms with Gasteiger partial charge in [-0.3, -0.25) is 4.79 Å². The van der Waals surface area contributed by atoms with E-state index in [1.165, 1.54) is 18.2 Å². The zero-order valence-electron chi connectivity index (χ0n) is 12.4. The van der Waals surface area contributed by atoms with Crippen LogP contribution in [0.15, 0.2) is 30.9 Å². The number of carbonyl (C=O) groups is 1. The van der Waals surface area contributed by atoms with Crippen LogP contribution in [0.25, 0.3) is 0 Å². The van der Waals surface area contributed by atoms with Crippen LogP contribution in [0, 0.1) is 0 Å². The van der Waals surface area contributed by atoms with E-state index < -0.39 is 21.7 Å². The predicted molar refractivity (Wildman–Crippen MR) is 83.1 cm³/mol. The highest BCUT2D eigenvalue weighted by atomic mass is 32.2. The smallest absolute Gasteiger partial charge is 0.265 e. The highest BCUT2D eigenvalue weighted by Gasteiger charge is 2.16. The highest BCUT2D eigenvalue weighted by molar-refractivity contribution is 7.90. The summed E-state index contributed by atoms with van der Waals surface area (Å²) in [6, 6.07) is 4.10. The third kappa shape index (κ3) is 6.68. The van der Waals surface area contributed by atoms with E-state index in [-0.39, 0.29) is 43.5 Å². The first-order valence-electron chi connectivity index (χ1n) is 6.70. The molecular formula is C14H19NO7S. The SMILES string of the molecule is C=CCS(=O)(=O)NC(=O)c1cc(OCCO)cc(OCCO)c1. The minimum Gasteiger partial charge on any atom is -0.491 e. The van der Waals surface area contributed by atoms with Gasteiger partial charge in [-0.05, 0) is 12.1 Å². The summed E-state index contributed by atoms with van der Waals surface area (Å²) in [6.07, 6.45) is 1.16. The Kier molecular flexibility index (Phi) is 7.52. The summed E-state index contributed by atoms with van der Waals surface area (Å²) in [4.78, 5) is 12.1. The molecule has 0 saturated heterocycles. The number of hydrogen-bond donors (Lipinski definition) is 3. The van der Waals surface area contributed by atoms with Crippen LogP contribution in [0.1, 0.15) is 10.4 Å². The molecule has 9 heteroatoms. The minimum absolute atomic E-state index is 0.000719. The molecule has 0 saturated carbocycles. The summed E-state index contributed by atoms with van der Waals surface area (Å²) < 4.78 is 35.5. The molecule has 0 atom stereocenters. The van der Waals surface area contributed by atoms with Crippen molar-refractivity contribution in [3.63, 3.8) is 0 Å². The summed E-state index contributed by atoms with van der Waals surface area (Å²) in [5.74, 6) is -0.801. The molecule has 1 rings (SSSR count). The van der Waals surface area contributed by atoms with E-state index in [1.54, 1.807) is 0 Å². The zero-order valence-corrected chi connectivity index (χ0v) is 13.2. The van der Waals surface area contributed by atoms with Crippen LogP contribution < -0.4 is 14.2 Å². The summed E-state index contributed by atoms with van der Waals surface area (Å²) >= 11 is 0. The van der Waals surface area contributed by atoms with E-state index in [0.29, 0.717) is 0 Å². The van der Waals surface area contributed by atoms with Gasteiger partial charge in [0.1, 0.15) is 24.7 Å². The Labute approximate surface area is 134 Å². The first-order chi connectivity index (χ1) is 10.9. The Morgan fingerprint density at radius 3 is 2.09 bits per heavy atom. The summed E-state index contributed by atoms with van der Waals surface area (Å²) in [7, 11) is -3.82. The van der Waals surface area contributed by atoms with Gasteiger partial charge in [-0.2, -0.15) is 0 Å². The van der Waals surface area contributed by atoms with Gasteiger partial charge in [0.15, 0.2) is 0 Å². The van der Waals surface area contributed by atoms with Crippen LogP contribution in [0.3, 0.4) is 0 Å². The number of nitrogens with one attached hydrogen (secondary N) is 1. The molecule has 8 nitrogen and oxygen atoms in total. The van der Waals surface area contributed by atoms with Gasteiger partial charge in [0, 0.05) is 11.6 Å². The van der Waals surface area contributed by atoms with E-state index in [1.807, 2.05) is 4.72 Å². The molecule has 0 aromatic heterocycles. The van der Waals surface area contributed by atoms with Crippen LogP contribution in [0.2, 0.25) is 0 Å². The van der Waals surface area contributed by atoms with Crippen LogP contribution in [-0.2, 0) is 10.0 Å². The van der Waals surface area contributed by atoms with Crippen molar-refractivity contribution in [2.24, 2.45) is 0 Å². The molecule has 0 unspecified atom stereocenters. The Hall–Kier alpha value is -2.10. The maximum absolute atomic E-state index is 12.1. The van der Waals surface area contributed by atoms with Crippen molar-refractivity contribution in [1.29, 1.82) is 0 Å². The van der Waals surface area contributed by atoms with E-state index in [2.05, 4.69) is 6.58 Å². The number of benzene rings is 1. The average molecular weight is 345 g/mol. The number of amides is 1. The van der Waals surface area contributed by atoms with Crippen molar-refractivity contribution in [1.82, 2.24) is 4.72 Å². The van der Waals surface area contributed by atoms with Crippen molar-refractivity contribution < 1.29 is 32.9 Å². The maximum atomic E-state index is 12.1. The lowest BCUT2D eigenvalue weighted by Gasteiger charge is -2.11. The third-order valence-electron chi connectivity index (χ3n) is 2.45. The normalized spacial score (nSPS) is 10.9. The van der Waals surface area contributed by atoms with E-state index in [4.69, 9.17) is 19.7 Å². The second-order valence-corrected chi connectivity index (χ2v) is 6.11. The van der Waals surface area contributed by atoms with Crippen LogP contribution >= 0.6 is 0 Å². The predicted octanol–water partition coefficient (Wildman–Crippen LogP) is -0.326. The van der Waals surface area contributed by atoms with Crippen molar-refractivity contribution in [2.45, 2.75) is 0 Å². The molecule has 0 aliphatic heterocycles. The fourth-order valence-corrected chi connectivity index (χ4v) is 2.39. The van der Waals surface area contributed by atoms with Gasteiger partial charge in [0.2, 0.25) is 10.0 Å². The highest BCUT2D eigenvalue weighted by Crippen LogP contribution is 2.23. The number of rotatable bonds is 10. The first kappa shape index (κ1) is 18.9. The third-order valence-corrected chi connectivity index (χ3v) is 3.62. The lowest BCUT2D eigenvalue weighted by atomic mass is 10.2. The van der Waals surface area contributed by atoms with Crippen LogP contribution in [0.5, 0.6) is 11.5 Å². The number of sulfonamides is 1. The molecule has 1 amide bonds. The van der Waals surface area contributed by atoms with Gasteiger partial charge in [0.05, 0.1) is 19.0 Å². The number of ether oxygens (including phenoxy) is 2. The van der Waals surface area contributed by atoms with Gasteiger partial charge >= 0.3 is 0 Å². The molecule has 3 N–H and O–H groups in total. The molecular weight excluding hydrogens is 326 g/mol. The number of carbonyl (C=O) groups excluding carboxylic acids is 1. The summed E-state index contributed by atoms with van der Waals surface area (Å²) in [5, 5.41) is 17.5. The lowest BCUT2D eigenvalue weighted by molar-refractivity contribution is 0.0980. The lowest BCUT2D eigenvalue weighted by Crippen LogP contribution is -2.32. The molecule has 128 valence electrons. The largest absolute Gasteiger partial charge is 0.491 e. The molecule has 23 heavy (non-hydrogen) atoms. The van der Waals surface area contributed by atoms with Gasteiger partial charge in [0.25, 0.3) is 5.91 Å². The Bertz CT molecular complexity index is 616. The maximum Gasteiger partial charge on any atom is 0.265 e. The number of hydrogen-bond acceptors (Lipinski definition) is 7. The summed E-state index contributed by atoms with van der Waals surface area (Å²) in [6.45, 7) is 2.85. The number of aliphatic hydroxyl groups excluding tert-OH is 2. The molecule has 0 spiro atoms. The molecule has 1 aromatic rings. The van der Waals surface area contributed by atoms with Gasteiger partial charge in [-0.1, -0.05) is 6.08 Å². The molecule has 0 radical (unpaired) electrons. The van der Waals surface area contributed by atoms with Gasteiger partial charge < -0.3 is 19.7 Å². The Morgan fingerprint density at radius 1 is 1.13 bits per heavy atom. The molecule has 0 aliphatic rings. The van der Waals surface area contributed by atoms with E-state index in [0.717, 1.165) is 6.08 Å². The van der Waals surface area contributed by atoms with Crippen LogP contribution in [-0.4, -0.2) is 56.7 Å². The second-order valence-electron chi connectivity index (χ2n) is 4.34. The topological polar surface area (TPSA) is 122 Å². The standard InChI is InChI=1S/C14H19NO7S/c1-2-7-23(19,20)15-14(18)11-8-12(21-5-3-16)10-13(9-11)22-6-4-17/h2,8-10,16-17H,1,3-7H2,(H,15,18). The zero-order chi connectivity index (χ0) is 17.3. The second kappa shape index (κ2) is 9.13. The van der Waals surface area contributed by atoms with Crippen molar-refractivity contribution in [2.75, 3.05) is 32.2 Å². The van der Waals surface area contributed by atoms with E-state index >= 15 is 0 Å². The molecule has 1 aromatic carbocycles. The van der Waals surface area contributed by atoms with Crippen molar-refractivity contribution in [3.8, 4) is 11.5 Å². The number of aliphatic hydroxyl groups is 2.